The summed E-state index contributed by atoms with van der Waals surface area (Å²) in [6, 6.07) is 7.07. The van der Waals surface area contributed by atoms with Crippen molar-refractivity contribution in [2.45, 2.75) is 25.9 Å². The number of aryl methyl sites for hydroxylation is 1. The van der Waals surface area contributed by atoms with Crippen LogP contribution in [-0.4, -0.2) is 43.0 Å². The molecule has 1 aliphatic heterocycles. The maximum Gasteiger partial charge on any atom is 0.274 e. The maximum absolute atomic E-state index is 12.5. The fraction of sp³-hybridized carbons (Fsp3) is 0.381. The Bertz CT molecular complexity index is 1220. The molecule has 4 rings (SSSR count). The Morgan fingerprint density at radius 1 is 1.23 bits per heavy atom. The molecule has 0 atom stereocenters. The summed E-state index contributed by atoms with van der Waals surface area (Å²) < 4.78 is 40.0. The molecule has 3 heterocycles. The summed E-state index contributed by atoms with van der Waals surface area (Å²) in [5.41, 5.74) is 2.31. The van der Waals surface area contributed by atoms with E-state index in [1.54, 1.807) is 44.6 Å². The predicted molar refractivity (Wildman–Crippen MR) is 117 cm³/mol. The maximum atomic E-state index is 12.5. The van der Waals surface area contributed by atoms with E-state index in [0.717, 1.165) is 29.4 Å². The number of rotatable bonds is 6. The van der Waals surface area contributed by atoms with Gasteiger partial charge in [-0.3, -0.25) is 9.52 Å². The molecule has 0 amide bonds. The second-order valence-electron chi connectivity index (χ2n) is 7.37. The largest absolute Gasteiger partial charge is 0.490 e. The van der Waals surface area contributed by atoms with Gasteiger partial charge in [0.05, 0.1) is 19.0 Å². The zero-order valence-electron chi connectivity index (χ0n) is 17.0. The summed E-state index contributed by atoms with van der Waals surface area (Å²) in [4.78, 5) is 15.5. The van der Waals surface area contributed by atoms with Crippen LogP contribution in [0.3, 0.4) is 0 Å². The van der Waals surface area contributed by atoms with Gasteiger partial charge < -0.3 is 19.0 Å². The third kappa shape index (κ3) is 4.08. The molecule has 30 heavy (non-hydrogen) atoms. The summed E-state index contributed by atoms with van der Waals surface area (Å²) in [6.07, 6.45) is 5.07. The van der Waals surface area contributed by atoms with E-state index in [1.807, 2.05) is 6.07 Å². The Morgan fingerprint density at radius 3 is 2.73 bits per heavy atom. The molecule has 0 aliphatic carbocycles. The van der Waals surface area contributed by atoms with Gasteiger partial charge in [0.15, 0.2) is 0 Å². The zero-order chi connectivity index (χ0) is 21.3. The normalized spacial score (nSPS) is 15.4. The second-order valence-corrected chi connectivity index (χ2v) is 9.38. The number of nitrogens with one attached hydrogen (secondary N) is 2. The highest BCUT2D eigenvalue weighted by molar-refractivity contribution is 7.92. The highest BCUT2D eigenvalue weighted by Crippen LogP contribution is 2.37. The molecule has 8 nitrogen and oxygen atoms in total. The first-order valence-electron chi connectivity index (χ1n) is 9.94. The number of aromatic nitrogens is 2. The number of hydrogen-bond donors (Lipinski definition) is 2. The number of ether oxygens (including phenoxy) is 2. The van der Waals surface area contributed by atoms with Gasteiger partial charge in [-0.2, -0.15) is 0 Å². The first-order valence-corrected chi connectivity index (χ1v) is 11.6. The van der Waals surface area contributed by atoms with Crippen molar-refractivity contribution in [3.05, 3.63) is 47.0 Å². The van der Waals surface area contributed by atoms with E-state index in [9.17, 15) is 13.2 Å². The lowest BCUT2D eigenvalue weighted by Crippen LogP contribution is -2.26. The van der Waals surface area contributed by atoms with Crippen LogP contribution in [0.5, 0.6) is 5.75 Å². The van der Waals surface area contributed by atoms with E-state index in [4.69, 9.17) is 9.47 Å². The quantitative estimate of drug-likeness (QED) is 0.625. The summed E-state index contributed by atoms with van der Waals surface area (Å²) in [7, 11) is -1.74. The third-order valence-electron chi connectivity index (χ3n) is 5.28. The number of fused-ring (bicyclic) bond motifs is 1. The van der Waals surface area contributed by atoms with Crippen molar-refractivity contribution in [2.75, 3.05) is 23.7 Å². The molecule has 1 fully saturated rings. The van der Waals surface area contributed by atoms with Gasteiger partial charge in [-0.05, 0) is 31.2 Å². The Kier molecular flexibility index (Phi) is 5.57. The van der Waals surface area contributed by atoms with Gasteiger partial charge in [0.2, 0.25) is 10.0 Å². The van der Waals surface area contributed by atoms with E-state index < -0.39 is 10.0 Å². The average Bonchev–Trinajstić information content (AvgIpc) is 3.23. The highest BCUT2D eigenvalue weighted by Gasteiger charge is 2.20. The van der Waals surface area contributed by atoms with Gasteiger partial charge in [0.1, 0.15) is 17.4 Å². The van der Waals surface area contributed by atoms with Crippen LogP contribution in [0.25, 0.3) is 22.0 Å². The number of pyridine rings is 1. The van der Waals surface area contributed by atoms with Gasteiger partial charge in [0, 0.05) is 54.5 Å². The van der Waals surface area contributed by atoms with Gasteiger partial charge in [0.25, 0.3) is 5.56 Å². The van der Waals surface area contributed by atoms with E-state index in [2.05, 4.69) is 9.71 Å². The van der Waals surface area contributed by atoms with Crippen molar-refractivity contribution in [3.63, 3.8) is 0 Å². The molecular formula is C21H25N3O5S. The third-order valence-corrected chi connectivity index (χ3v) is 6.59. The van der Waals surface area contributed by atoms with Crippen molar-refractivity contribution < 1.29 is 17.9 Å². The summed E-state index contributed by atoms with van der Waals surface area (Å²) >= 11 is 0. The van der Waals surface area contributed by atoms with Gasteiger partial charge in [-0.15, -0.1) is 0 Å². The van der Waals surface area contributed by atoms with Crippen molar-refractivity contribution in [2.24, 2.45) is 7.05 Å². The molecule has 0 spiro atoms. The number of nitrogens with zero attached hydrogens (tertiary/aromatic N) is 1. The van der Waals surface area contributed by atoms with E-state index >= 15 is 0 Å². The fourth-order valence-corrected chi connectivity index (χ4v) is 4.25. The van der Waals surface area contributed by atoms with Crippen molar-refractivity contribution >= 4 is 26.6 Å². The molecule has 1 saturated heterocycles. The molecule has 2 aromatic heterocycles. The number of benzene rings is 1. The number of anilines is 1. The molecule has 1 aromatic carbocycles. The summed E-state index contributed by atoms with van der Waals surface area (Å²) in [6.45, 7) is 2.88. The van der Waals surface area contributed by atoms with Crippen LogP contribution in [0.1, 0.15) is 19.8 Å². The zero-order valence-corrected chi connectivity index (χ0v) is 17.8. The second kappa shape index (κ2) is 8.16. The minimum absolute atomic E-state index is 0.0185. The lowest BCUT2D eigenvalue weighted by molar-refractivity contribution is 0.0258. The Hall–Kier alpha value is -2.78. The molecule has 9 heteroatoms. The van der Waals surface area contributed by atoms with Crippen molar-refractivity contribution in [3.8, 4) is 16.9 Å². The molecular weight excluding hydrogens is 406 g/mol. The summed E-state index contributed by atoms with van der Waals surface area (Å²) in [5, 5.41) is 0.755. The first-order chi connectivity index (χ1) is 14.4. The van der Waals surface area contributed by atoms with Gasteiger partial charge in [-0.25, -0.2) is 8.42 Å². The van der Waals surface area contributed by atoms with E-state index in [1.165, 1.54) is 4.57 Å². The lowest BCUT2D eigenvalue weighted by Gasteiger charge is -2.25. The number of hydrogen-bond acceptors (Lipinski definition) is 5. The number of aromatic amines is 1. The Balaban J connectivity index is 1.85. The predicted octanol–water partition coefficient (Wildman–Crippen LogP) is 2.85. The van der Waals surface area contributed by atoms with Crippen LogP contribution < -0.4 is 15.0 Å². The standard InChI is InChI=1S/C21H25N3O5S/c1-3-30(26,27)23-14-4-5-19(29-15-7-10-28-11-8-15)17(12-14)18-13-24(2)21(25)20-16(18)6-9-22-20/h4-6,9,12-13,15,22-23H,3,7-8,10-11H2,1-2H3. The van der Waals surface area contributed by atoms with Crippen LogP contribution in [0.4, 0.5) is 5.69 Å². The number of H-pyrrole nitrogens is 1. The molecule has 2 N–H and O–H groups in total. The van der Waals surface area contributed by atoms with Crippen LogP contribution >= 0.6 is 0 Å². The van der Waals surface area contributed by atoms with Gasteiger partial charge >= 0.3 is 0 Å². The SMILES string of the molecule is CCS(=O)(=O)Nc1ccc(OC2CCOCC2)c(-c2cn(C)c(=O)c3[nH]ccc23)c1. The first kappa shape index (κ1) is 20.5. The van der Waals surface area contributed by atoms with Gasteiger partial charge in [-0.1, -0.05) is 0 Å². The van der Waals surface area contributed by atoms with Crippen LogP contribution in [0.15, 0.2) is 41.5 Å². The van der Waals surface area contributed by atoms with E-state index in [-0.39, 0.29) is 17.4 Å². The van der Waals surface area contributed by atoms with Crippen LogP contribution in [0.2, 0.25) is 0 Å². The molecule has 1 aliphatic rings. The Morgan fingerprint density at radius 2 is 2.00 bits per heavy atom. The molecule has 3 aromatic rings. The lowest BCUT2D eigenvalue weighted by atomic mass is 10.0. The molecule has 0 unspecified atom stereocenters. The topological polar surface area (TPSA) is 102 Å². The molecule has 160 valence electrons. The van der Waals surface area contributed by atoms with Crippen molar-refractivity contribution in [1.82, 2.24) is 9.55 Å². The fourth-order valence-electron chi connectivity index (χ4n) is 3.62. The Labute approximate surface area is 174 Å². The van der Waals surface area contributed by atoms with E-state index in [0.29, 0.717) is 30.2 Å². The number of sulfonamides is 1. The molecule has 0 bridgehead atoms. The molecule has 0 saturated carbocycles. The molecule has 0 radical (unpaired) electrons. The average molecular weight is 432 g/mol. The van der Waals surface area contributed by atoms with Crippen LogP contribution in [0, 0.1) is 0 Å². The minimum Gasteiger partial charge on any atom is -0.490 e. The summed E-state index contributed by atoms with van der Waals surface area (Å²) in [5.74, 6) is 0.618. The van der Waals surface area contributed by atoms with Crippen molar-refractivity contribution in [1.29, 1.82) is 0 Å². The van der Waals surface area contributed by atoms with Crippen LogP contribution in [-0.2, 0) is 21.8 Å². The highest BCUT2D eigenvalue weighted by atomic mass is 32.2. The minimum atomic E-state index is -3.43. The monoisotopic (exact) mass is 431 g/mol. The smallest absolute Gasteiger partial charge is 0.274 e.